The molecule has 0 saturated heterocycles. The molecule has 2 aromatic rings. The van der Waals surface area contributed by atoms with Gasteiger partial charge in [0, 0.05) is 0 Å². The Kier molecular flexibility index (Phi) is 3.57. The predicted molar refractivity (Wildman–Crippen MR) is 69.7 cm³/mol. The van der Waals surface area contributed by atoms with Crippen molar-refractivity contribution in [1.29, 1.82) is 0 Å². The Morgan fingerprint density at radius 3 is 2.61 bits per heavy atom. The number of nitrogens with one attached hydrogen (secondary N) is 1. The molecule has 0 bridgehead atoms. The number of rotatable bonds is 3. The number of carbonyl (C=O) groups is 1. The van der Waals surface area contributed by atoms with Gasteiger partial charge in [-0.15, -0.1) is 0 Å². The van der Waals surface area contributed by atoms with E-state index in [1.807, 2.05) is 30.3 Å². The van der Waals surface area contributed by atoms with Crippen molar-refractivity contribution in [3.05, 3.63) is 59.0 Å². The second-order valence-electron chi connectivity index (χ2n) is 3.94. The van der Waals surface area contributed by atoms with Gasteiger partial charge in [-0.1, -0.05) is 30.3 Å². The number of hydrogen-bond donors (Lipinski definition) is 1. The fourth-order valence-electron chi connectivity index (χ4n) is 1.62. The quantitative estimate of drug-likeness (QED) is 0.664. The molecule has 2 rings (SSSR count). The first-order valence-corrected chi connectivity index (χ1v) is 5.62. The number of benzene rings is 1. The van der Waals surface area contributed by atoms with E-state index in [1.165, 1.54) is 0 Å². The molecule has 0 aliphatic heterocycles. The number of furan rings is 1. The molecule has 18 heavy (non-hydrogen) atoms. The summed E-state index contributed by atoms with van der Waals surface area (Å²) in [4.78, 5) is 11.8. The minimum atomic E-state index is -0.267. The normalized spacial score (nSPS) is 10.8. The average molecular weight is 242 g/mol. The van der Waals surface area contributed by atoms with Crippen molar-refractivity contribution < 1.29 is 9.21 Å². The van der Waals surface area contributed by atoms with Crippen LogP contribution in [0.5, 0.6) is 0 Å². The summed E-state index contributed by atoms with van der Waals surface area (Å²) in [5.74, 6) is 1.04. The number of hydrogen-bond acceptors (Lipinski definition) is 3. The first-order chi connectivity index (χ1) is 8.66. The summed E-state index contributed by atoms with van der Waals surface area (Å²) in [5.41, 5.74) is 3.91. The molecule has 1 aromatic heterocycles. The molecule has 0 atom stereocenters. The lowest BCUT2D eigenvalue weighted by Gasteiger charge is -1.97. The molecule has 92 valence electrons. The second kappa shape index (κ2) is 5.31. The maximum absolute atomic E-state index is 11.8. The third-order valence-electron chi connectivity index (χ3n) is 2.46. The van der Waals surface area contributed by atoms with Crippen LogP contribution in [-0.4, -0.2) is 12.1 Å². The van der Waals surface area contributed by atoms with Gasteiger partial charge < -0.3 is 4.42 Å². The number of amides is 1. The molecule has 0 aliphatic rings. The largest absolute Gasteiger partial charge is 0.466 e. The van der Waals surface area contributed by atoms with Crippen molar-refractivity contribution >= 4 is 12.1 Å². The van der Waals surface area contributed by atoms with Crippen molar-refractivity contribution in [2.24, 2.45) is 5.10 Å². The molecule has 1 aromatic carbocycles. The summed E-state index contributed by atoms with van der Waals surface area (Å²) in [5, 5.41) is 3.90. The number of nitrogens with zero attached hydrogens (tertiary/aromatic N) is 1. The molecule has 0 radical (unpaired) electrons. The van der Waals surface area contributed by atoms with Crippen LogP contribution in [0.25, 0.3) is 0 Å². The molecule has 4 nitrogen and oxygen atoms in total. The Balaban J connectivity index is 2.01. The van der Waals surface area contributed by atoms with Gasteiger partial charge in [-0.25, -0.2) is 5.43 Å². The van der Waals surface area contributed by atoms with Crippen molar-refractivity contribution in [3.8, 4) is 0 Å². The molecule has 1 amide bonds. The van der Waals surface area contributed by atoms with Crippen LogP contribution in [0, 0.1) is 13.8 Å². The average Bonchev–Trinajstić information content (AvgIpc) is 2.70. The smallest absolute Gasteiger partial charge is 0.274 e. The summed E-state index contributed by atoms with van der Waals surface area (Å²) in [6, 6.07) is 11.3. The number of aryl methyl sites for hydroxylation is 2. The van der Waals surface area contributed by atoms with E-state index in [0.29, 0.717) is 17.1 Å². The molecule has 0 aliphatic carbocycles. The van der Waals surface area contributed by atoms with Crippen LogP contribution in [0.2, 0.25) is 0 Å². The lowest BCUT2D eigenvalue weighted by molar-refractivity contribution is 0.0953. The van der Waals surface area contributed by atoms with Crippen molar-refractivity contribution in [3.63, 3.8) is 0 Å². The van der Waals surface area contributed by atoms with Gasteiger partial charge in [-0.3, -0.25) is 4.79 Å². The highest BCUT2D eigenvalue weighted by atomic mass is 16.3. The zero-order chi connectivity index (χ0) is 13.0. The van der Waals surface area contributed by atoms with Crippen molar-refractivity contribution in [2.75, 3.05) is 0 Å². The lowest BCUT2D eigenvalue weighted by atomic mass is 10.2. The lowest BCUT2D eigenvalue weighted by Crippen LogP contribution is -2.17. The maximum atomic E-state index is 11.8. The summed E-state index contributed by atoms with van der Waals surface area (Å²) in [6.45, 7) is 3.56. The summed E-state index contributed by atoms with van der Waals surface area (Å²) in [7, 11) is 0. The SMILES string of the molecule is Cc1cc(C(=O)NN=Cc2ccccc2)c(C)o1. The third kappa shape index (κ3) is 2.85. The van der Waals surface area contributed by atoms with Crippen LogP contribution in [0.4, 0.5) is 0 Å². The fourth-order valence-corrected chi connectivity index (χ4v) is 1.62. The predicted octanol–water partition coefficient (Wildman–Crippen LogP) is 2.66. The highest BCUT2D eigenvalue weighted by molar-refractivity contribution is 5.95. The van der Waals surface area contributed by atoms with Crippen LogP contribution in [0.1, 0.15) is 27.4 Å². The van der Waals surface area contributed by atoms with E-state index in [1.54, 1.807) is 26.1 Å². The molecular formula is C14H14N2O2. The molecule has 0 spiro atoms. The Labute approximate surface area is 105 Å². The van der Waals surface area contributed by atoms with E-state index < -0.39 is 0 Å². The molecule has 0 saturated carbocycles. The van der Waals surface area contributed by atoms with Gasteiger partial charge in [0.25, 0.3) is 5.91 Å². The third-order valence-corrected chi connectivity index (χ3v) is 2.46. The molecule has 4 heteroatoms. The Morgan fingerprint density at radius 1 is 1.28 bits per heavy atom. The molecule has 0 unspecified atom stereocenters. The van der Waals surface area contributed by atoms with Gasteiger partial charge in [-0.2, -0.15) is 5.10 Å². The van der Waals surface area contributed by atoms with Gasteiger partial charge in [-0.05, 0) is 25.5 Å². The van der Waals surface area contributed by atoms with Crippen molar-refractivity contribution in [2.45, 2.75) is 13.8 Å². The zero-order valence-corrected chi connectivity index (χ0v) is 10.3. The Bertz CT molecular complexity index is 571. The summed E-state index contributed by atoms with van der Waals surface area (Å²) >= 11 is 0. The van der Waals surface area contributed by atoms with E-state index in [-0.39, 0.29) is 5.91 Å². The van der Waals surface area contributed by atoms with E-state index in [2.05, 4.69) is 10.5 Å². The van der Waals surface area contributed by atoms with Crippen LogP contribution < -0.4 is 5.43 Å². The van der Waals surface area contributed by atoms with E-state index in [4.69, 9.17) is 4.42 Å². The maximum Gasteiger partial charge on any atom is 0.274 e. The van der Waals surface area contributed by atoms with Gasteiger partial charge >= 0.3 is 0 Å². The minimum absolute atomic E-state index is 0.267. The van der Waals surface area contributed by atoms with E-state index >= 15 is 0 Å². The van der Waals surface area contributed by atoms with Gasteiger partial charge in [0.1, 0.15) is 11.5 Å². The van der Waals surface area contributed by atoms with Gasteiger partial charge in [0.05, 0.1) is 11.8 Å². The molecule has 0 fully saturated rings. The Morgan fingerprint density at radius 2 is 2.00 bits per heavy atom. The highest BCUT2D eigenvalue weighted by Crippen LogP contribution is 2.13. The fraction of sp³-hybridized carbons (Fsp3) is 0.143. The monoisotopic (exact) mass is 242 g/mol. The zero-order valence-electron chi connectivity index (χ0n) is 10.3. The first-order valence-electron chi connectivity index (χ1n) is 5.62. The van der Waals surface area contributed by atoms with Crippen molar-refractivity contribution in [1.82, 2.24) is 5.43 Å². The molecule has 1 heterocycles. The minimum Gasteiger partial charge on any atom is -0.466 e. The second-order valence-corrected chi connectivity index (χ2v) is 3.94. The summed E-state index contributed by atoms with van der Waals surface area (Å²) in [6.07, 6.45) is 1.60. The van der Waals surface area contributed by atoms with Crippen LogP contribution in [0.15, 0.2) is 45.9 Å². The number of carbonyl (C=O) groups excluding carboxylic acids is 1. The van der Waals surface area contributed by atoms with Crippen LogP contribution in [0.3, 0.4) is 0 Å². The first kappa shape index (κ1) is 12.1. The van der Waals surface area contributed by atoms with Crippen LogP contribution >= 0.6 is 0 Å². The topological polar surface area (TPSA) is 54.6 Å². The van der Waals surface area contributed by atoms with Gasteiger partial charge in [0.15, 0.2) is 0 Å². The standard InChI is InChI=1S/C14H14N2O2/c1-10-8-13(11(2)18-10)14(17)16-15-9-12-6-4-3-5-7-12/h3-9H,1-2H3,(H,16,17). The molecule has 1 N–H and O–H groups in total. The van der Waals surface area contributed by atoms with E-state index in [9.17, 15) is 4.79 Å². The Hall–Kier alpha value is -2.36. The number of hydrazone groups is 1. The highest BCUT2D eigenvalue weighted by Gasteiger charge is 2.12. The summed E-state index contributed by atoms with van der Waals surface area (Å²) < 4.78 is 5.29. The van der Waals surface area contributed by atoms with Crippen LogP contribution in [-0.2, 0) is 0 Å². The van der Waals surface area contributed by atoms with Gasteiger partial charge in [0.2, 0.25) is 0 Å². The molecular weight excluding hydrogens is 228 g/mol. The van der Waals surface area contributed by atoms with E-state index in [0.717, 1.165) is 5.56 Å².